The van der Waals surface area contributed by atoms with E-state index in [2.05, 4.69) is 24.1 Å². The second kappa shape index (κ2) is 6.84. The second-order valence-electron chi connectivity index (χ2n) is 6.26. The van der Waals surface area contributed by atoms with Gasteiger partial charge in [0, 0.05) is 5.69 Å². The Kier molecular flexibility index (Phi) is 4.61. The first-order chi connectivity index (χ1) is 11.9. The fourth-order valence-corrected chi connectivity index (χ4v) is 2.61. The van der Waals surface area contributed by atoms with Crippen molar-refractivity contribution in [3.8, 4) is 5.75 Å². The molecule has 25 heavy (non-hydrogen) atoms. The molecule has 0 fully saturated rings. The summed E-state index contributed by atoms with van der Waals surface area (Å²) in [5.41, 5.74) is 3.68. The lowest BCUT2D eigenvalue weighted by Gasteiger charge is -2.14. The van der Waals surface area contributed by atoms with Crippen molar-refractivity contribution >= 4 is 22.7 Å². The number of carbonyl (C=O) groups is 1. The lowest BCUT2D eigenvalue weighted by Crippen LogP contribution is -2.20. The Hall–Kier alpha value is -3.02. The molecule has 0 unspecified atom stereocenters. The average molecular weight is 340 g/mol. The van der Waals surface area contributed by atoms with E-state index in [9.17, 15) is 9.59 Å². The van der Waals surface area contributed by atoms with Crippen LogP contribution in [0, 0.1) is 6.92 Å². The van der Waals surface area contributed by atoms with Gasteiger partial charge < -0.3 is 14.5 Å². The van der Waals surface area contributed by atoms with Crippen molar-refractivity contribution in [1.29, 1.82) is 0 Å². The zero-order chi connectivity index (χ0) is 18.0. The van der Waals surface area contributed by atoms with Crippen LogP contribution in [0.15, 0.2) is 45.6 Å². The van der Waals surface area contributed by atoms with Crippen molar-refractivity contribution in [2.24, 2.45) is 0 Å². The molecule has 3 rings (SSSR count). The van der Waals surface area contributed by atoms with Crippen LogP contribution in [0.3, 0.4) is 0 Å². The number of carbonyl (C=O) groups excluding carboxylic acids is 1. The molecule has 0 aliphatic heterocycles. The SMILES string of the molecule is Cc1ccc(C(C)C)c(OCC(=O)Nc2ccc3oc(=O)[nH]c3c2)c1. The fourth-order valence-electron chi connectivity index (χ4n) is 2.61. The summed E-state index contributed by atoms with van der Waals surface area (Å²) in [7, 11) is 0. The van der Waals surface area contributed by atoms with Gasteiger partial charge >= 0.3 is 5.76 Å². The molecule has 2 aromatic carbocycles. The van der Waals surface area contributed by atoms with E-state index in [-0.39, 0.29) is 12.5 Å². The van der Waals surface area contributed by atoms with E-state index < -0.39 is 5.76 Å². The molecule has 0 spiro atoms. The Morgan fingerprint density at radius 3 is 2.80 bits per heavy atom. The van der Waals surface area contributed by atoms with Crippen LogP contribution in [0.4, 0.5) is 5.69 Å². The third-order valence-corrected chi connectivity index (χ3v) is 3.85. The molecule has 1 heterocycles. The Morgan fingerprint density at radius 2 is 2.04 bits per heavy atom. The van der Waals surface area contributed by atoms with Gasteiger partial charge in [0.1, 0.15) is 5.75 Å². The van der Waals surface area contributed by atoms with E-state index in [1.165, 1.54) is 0 Å². The third kappa shape index (κ3) is 3.91. The molecule has 0 saturated heterocycles. The number of oxazole rings is 1. The molecule has 2 N–H and O–H groups in total. The zero-order valence-corrected chi connectivity index (χ0v) is 14.4. The van der Waals surface area contributed by atoms with Crippen LogP contribution < -0.4 is 15.8 Å². The van der Waals surface area contributed by atoms with Crippen molar-refractivity contribution in [3.63, 3.8) is 0 Å². The quantitative estimate of drug-likeness (QED) is 0.743. The van der Waals surface area contributed by atoms with Crippen LogP contribution in [0.1, 0.15) is 30.9 Å². The van der Waals surface area contributed by atoms with Gasteiger partial charge in [-0.05, 0) is 48.2 Å². The molecule has 1 aromatic heterocycles. The Labute approximate surface area is 144 Å². The summed E-state index contributed by atoms with van der Waals surface area (Å²) >= 11 is 0. The van der Waals surface area contributed by atoms with Crippen molar-refractivity contribution < 1.29 is 13.9 Å². The molecular weight excluding hydrogens is 320 g/mol. The Morgan fingerprint density at radius 1 is 1.24 bits per heavy atom. The van der Waals surface area contributed by atoms with Crippen LogP contribution in [-0.2, 0) is 4.79 Å². The topological polar surface area (TPSA) is 84.3 Å². The van der Waals surface area contributed by atoms with Gasteiger partial charge in [0.05, 0.1) is 5.52 Å². The predicted octanol–water partition coefficient (Wildman–Crippen LogP) is 3.57. The standard InChI is InChI=1S/C19H20N2O4/c1-11(2)14-6-4-12(3)8-17(14)24-10-18(22)20-13-5-7-16-15(9-13)21-19(23)25-16/h4-9,11H,10H2,1-3H3,(H,20,22)(H,21,23). The van der Waals surface area contributed by atoms with Crippen molar-refractivity contribution in [3.05, 3.63) is 58.1 Å². The Balaban J connectivity index is 1.68. The minimum absolute atomic E-state index is 0.0941. The number of aryl methyl sites for hydroxylation is 1. The van der Waals surface area contributed by atoms with E-state index in [4.69, 9.17) is 9.15 Å². The fraction of sp³-hybridized carbons (Fsp3) is 0.263. The summed E-state index contributed by atoms with van der Waals surface area (Å²) in [6, 6.07) is 10.9. The number of ether oxygens (including phenoxy) is 1. The number of hydrogen-bond donors (Lipinski definition) is 2. The Bertz CT molecular complexity index is 969. The minimum atomic E-state index is -0.525. The summed E-state index contributed by atoms with van der Waals surface area (Å²) < 4.78 is 10.6. The van der Waals surface area contributed by atoms with E-state index in [0.717, 1.165) is 16.9 Å². The molecule has 0 radical (unpaired) electrons. The highest BCUT2D eigenvalue weighted by atomic mass is 16.5. The maximum absolute atomic E-state index is 12.2. The first-order valence-electron chi connectivity index (χ1n) is 8.08. The lowest BCUT2D eigenvalue weighted by atomic mass is 10.0. The third-order valence-electron chi connectivity index (χ3n) is 3.85. The number of benzene rings is 2. The van der Waals surface area contributed by atoms with Gasteiger partial charge in [-0.25, -0.2) is 4.79 Å². The molecular formula is C19H20N2O4. The molecule has 6 heteroatoms. The van der Waals surface area contributed by atoms with Crippen molar-refractivity contribution in [1.82, 2.24) is 4.98 Å². The van der Waals surface area contributed by atoms with Crippen LogP contribution in [-0.4, -0.2) is 17.5 Å². The zero-order valence-electron chi connectivity index (χ0n) is 14.4. The first-order valence-corrected chi connectivity index (χ1v) is 8.08. The molecule has 3 aromatic rings. The number of amides is 1. The van der Waals surface area contributed by atoms with Gasteiger partial charge in [-0.1, -0.05) is 26.0 Å². The van der Waals surface area contributed by atoms with Gasteiger partial charge in [-0.3, -0.25) is 9.78 Å². The lowest BCUT2D eigenvalue weighted by molar-refractivity contribution is -0.118. The summed E-state index contributed by atoms with van der Waals surface area (Å²) in [6.07, 6.45) is 0. The number of aromatic nitrogens is 1. The maximum Gasteiger partial charge on any atom is 0.417 e. The highest BCUT2D eigenvalue weighted by Gasteiger charge is 2.11. The molecule has 0 atom stereocenters. The summed E-state index contributed by atoms with van der Waals surface area (Å²) in [4.78, 5) is 25.9. The monoisotopic (exact) mass is 340 g/mol. The number of anilines is 1. The second-order valence-corrected chi connectivity index (χ2v) is 6.26. The maximum atomic E-state index is 12.2. The summed E-state index contributed by atoms with van der Waals surface area (Å²) in [5.74, 6) is 0.225. The normalized spacial score (nSPS) is 11.0. The number of aromatic amines is 1. The van der Waals surface area contributed by atoms with Gasteiger partial charge in [0.25, 0.3) is 5.91 Å². The highest BCUT2D eigenvalue weighted by Crippen LogP contribution is 2.27. The number of rotatable bonds is 5. The van der Waals surface area contributed by atoms with E-state index in [0.29, 0.717) is 22.7 Å². The molecule has 0 aliphatic carbocycles. The summed E-state index contributed by atoms with van der Waals surface area (Å²) in [6.45, 7) is 6.05. The number of H-pyrrole nitrogens is 1. The van der Waals surface area contributed by atoms with Crippen LogP contribution in [0.25, 0.3) is 11.1 Å². The number of nitrogens with one attached hydrogen (secondary N) is 2. The summed E-state index contributed by atoms with van der Waals surface area (Å²) in [5, 5.41) is 2.75. The molecule has 0 saturated carbocycles. The van der Waals surface area contributed by atoms with E-state index >= 15 is 0 Å². The van der Waals surface area contributed by atoms with Gasteiger partial charge in [0.15, 0.2) is 12.2 Å². The van der Waals surface area contributed by atoms with Crippen molar-refractivity contribution in [2.75, 3.05) is 11.9 Å². The first kappa shape index (κ1) is 16.8. The number of fused-ring (bicyclic) bond motifs is 1. The van der Waals surface area contributed by atoms with Gasteiger partial charge in [-0.15, -0.1) is 0 Å². The van der Waals surface area contributed by atoms with Crippen LogP contribution >= 0.6 is 0 Å². The van der Waals surface area contributed by atoms with Crippen LogP contribution in [0.2, 0.25) is 0 Å². The molecule has 0 aliphatic rings. The molecule has 1 amide bonds. The largest absolute Gasteiger partial charge is 0.483 e. The molecule has 0 bridgehead atoms. The van der Waals surface area contributed by atoms with E-state index in [1.54, 1.807) is 18.2 Å². The van der Waals surface area contributed by atoms with E-state index in [1.807, 2.05) is 25.1 Å². The van der Waals surface area contributed by atoms with Crippen molar-refractivity contribution in [2.45, 2.75) is 26.7 Å². The smallest absolute Gasteiger partial charge is 0.417 e. The molecule has 6 nitrogen and oxygen atoms in total. The molecule has 130 valence electrons. The van der Waals surface area contributed by atoms with Gasteiger partial charge in [-0.2, -0.15) is 0 Å². The van der Waals surface area contributed by atoms with Gasteiger partial charge in [0.2, 0.25) is 0 Å². The predicted molar refractivity (Wildman–Crippen MR) is 96.2 cm³/mol. The average Bonchev–Trinajstić information content (AvgIpc) is 2.92. The number of hydrogen-bond acceptors (Lipinski definition) is 4. The van der Waals surface area contributed by atoms with Crippen LogP contribution in [0.5, 0.6) is 5.75 Å². The highest BCUT2D eigenvalue weighted by molar-refractivity contribution is 5.93. The minimum Gasteiger partial charge on any atom is -0.483 e.